The number of piperidine rings is 1. The SMILES string of the molecule is N[C@@H]1C[C@@H]1NCc1cccc2c1C(=O)N(C1CCC(=O)NC1=O)C2=O. The van der Waals surface area contributed by atoms with Crippen LogP contribution in [-0.2, 0) is 16.1 Å². The molecule has 2 aliphatic heterocycles. The molecule has 1 saturated carbocycles. The number of nitrogens with one attached hydrogen (secondary N) is 2. The lowest BCUT2D eigenvalue weighted by molar-refractivity contribution is -0.136. The van der Waals surface area contributed by atoms with Crippen LogP contribution in [0.15, 0.2) is 18.2 Å². The summed E-state index contributed by atoms with van der Waals surface area (Å²) in [6, 6.07) is 4.53. The lowest BCUT2D eigenvalue weighted by Crippen LogP contribution is -2.54. The third-order valence-electron chi connectivity index (χ3n) is 4.95. The van der Waals surface area contributed by atoms with E-state index in [2.05, 4.69) is 10.6 Å². The van der Waals surface area contributed by atoms with Crippen molar-refractivity contribution in [3.63, 3.8) is 0 Å². The summed E-state index contributed by atoms with van der Waals surface area (Å²) in [5, 5.41) is 5.46. The molecule has 1 aliphatic carbocycles. The molecule has 1 aromatic carbocycles. The Labute approximate surface area is 143 Å². The summed E-state index contributed by atoms with van der Waals surface area (Å²) in [5.74, 6) is -1.95. The summed E-state index contributed by atoms with van der Waals surface area (Å²) in [5.41, 5.74) is 7.12. The molecule has 1 aromatic rings. The van der Waals surface area contributed by atoms with Crippen LogP contribution in [0.4, 0.5) is 0 Å². The predicted octanol–water partition coefficient (Wildman–Crippen LogP) is -0.723. The van der Waals surface area contributed by atoms with Crippen LogP contribution >= 0.6 is 0 Å². The second-order valence-corrected chi connectivity index (χ2v) is 6.67. The fourth-order valence-corrected chi connectivity index (χ4v) is 3.42. The van der Waals surface area contributed by atoms with Crippen molar-refractivity contribution in [1.82, 2.24) is 15.5 Å². The molecule has 3 aliphatic rings. The van der Waals surface area contributed by atoms with Crippen LogP contribution in [0, 0.1) is 0 Å². The second-order valence-electron chi connectivity index (χ2n) is 6.67. The van der Waals surface area contributed by atoms with E-state index in [9.17, 15) is 19.2 Å². The zero-order chi connectivity index (χ0) is 17.7. The topological polar surface area (TPSA) is 122 Å². The van der Waals surface area contributed by atoms with Gasteiger partial charge in [-0.2, -0.15) is 0 Å². The molecule has 4 N–H and O–H groups in total. The number of imide groups is 2. The number of rotatable bonds is 4. The highest BCUT2D eigenvalue weighted by atomic mass is 16.2. The van der Waals surface area contributed by atoms with Crippen LogP contribution in [0.25, 0.3) is 0 Å². The number of hydrogen-bond donors (Lipinski definition) is 3. The van der Waals surface area contributed by atoms with E-state index in [-0.39, 0.29) is 30.8 Å². The number of amides is 4. The summed E-state index contributed by atoms with van der Waals surface area (Å²) in [4.78, 5) is 49.9. The minimum absolute atomic E-state index is 0.109. The molecule has 2 fully saturated rings. The number of benzene rings is 1. The Morgan fingerprint density at radius 2 is 1.96 bits per heavy atom. The maximum atomic E-state index is 12.9. The summed E-state index contributed by atoms with van der Waals surface area (Å²) >= 11 is 0. The Bertz CT molecular complexity index is 806. The van der Waals surface area contributed by atoms with Gasteiger partial charge in [-0.25, -0.2) is 0 Å². The number of nitrogens with two attached hydrogens (primary N) is 1. The molecule has 4 amide bonds. The van der Waals surface area contributed by atoms with E-state index < -0.39 is 23.8 Å². The summed E-state index contributed by atoms with van der Waals surface area (Å²) in [7, 11) is 0. The Kier molecular flexibility index (Phi) is 3.66. The minimum Gasteiger partial charge on any atom is -0.326 e. The second kappa shape index (κ2) is 5.75. The molecule has 0 bridgehead atoms. The summed E-state index contributed by atoms with van der Waals surface area (Å²) in [6.45, 7) is 0.434. The maximum absolute atomic E-state index is 12.9. The van der Waals surface area contributed by atoms with E-state index in [1.54, 1.807) is 18.2 Å². The predicted molar refractivity (Wildman–Crippen MR) is 86.3 cm³/mol. The molecule has 0 spiro atoms. The highest BCUT2D eigenvalue weighted by Crippen LogP contribution is 2.30. The van der Waals surface area contributed by atoms with Gasteiger partial charge >= 0.3 is 0 Å². The standard InChI is InChI=1S/C17H18N4O4/c18-10-6-11(10)19-7-8-2-1-3-9-14(8)17(25)21(16(9)24)12-4-5-13(22)20-15(12)23/h1-3,10-12,19H,4-7,18H2,(H,20,22,23)/t10-,11+,12?/m1/s1. The van der Waals surface area contributed by atoms with Gasteiger partial charge < -0.3 is 11.1 Å². The van der Waals surface area contributed by atoms with Crippen molar-refractivity contribution in [2.24, 2.45) is 5.73 Å². The van der Waals surface area contributed by atoms with Gasteiger partial charge in [0.2, 0.25) is 11.8 Å². The van der Waals surface area contributed by atoms with E-state index in [0.29, 0.717) is 23.2 Å². The van der Waals surface area contributed by atoms with Crippen LogP contribution < -0.4 is 16.4 Å². The largest absolute Gasteiger partial charge is 0.326 e. The molecule has 8 nitrogen and oxygen atoms in total. The molecule has 1 unspecified atom stereocenters. The first-order valence-corrected chi connectivity index (χ1v) is 8.30. The van der Waals surface area contributed by atoms with Gasteiger partial charge in [0.15, 0.2) is 0 Å². The fourth-order valence-electron chi connectivity index (χ4n) is 3.42. The molecular formula is C17H18N4O4. The molecule has 8 heteroatoms. The van der Waals surface area contributed by atoms with Gasteiger partial charge in [0.1, 0.15) is 6.04 Å². The molecule has 2 heterocycles. The van der Waals surface area contributed by atoms with Gasteiger partial charge in [0.05, 0.1) is 11.1 Å². The van der Waals surface area contributed by atoms with Gasteiger partial charge in [0.25, 0.3) is 11.8 Å². The molecule has 0 radical (unpaired) electrons. The Hall–Kier alpha value is -2.58. The van der Waals surface area contributed by atoms with Crippen LogP contribution in [-0.4, -0.2) is 46.7 Å². The zero-order valence-corrected chi connectivity index (χ0v) is 13.5. The average Bonchev–Trinajstić information content (AvgIpc) is 3.23. The molecular weight excluding hydrogens is 324 g/mol. The molecule has 1 saturated heterocycles. The van der Waals surface area contributed by atoms with E-state index in [1.807, 2.05) is 0 Å². The molecule has 4 rings (SSSR count). The lowest BCUT2D eigenvalue weighted by Gasteiger charge is -2.27. The monoisotopic (exact) mass is 342 g/mol. The van der Waals surface area contributed by atoms with E-state index in [0.717, 1.165) is 11.3 Å². The Morgan fingerprint density at radius 1 is 1.20 bits per heavy atom. The van der Waals surface area contributed by atoms with Crippen molar-refractivity contribution < 1.29 is 19.2 Å². The molecule has 3 atom stereocenters. The first-order chi connectivity index (χ1) is 12.0. The van der Waals surface area contributed by atoms with E-state index in [1.165, 1.54) is 0 Å². The van der Waals surface area contributed by atoms with Gasteiger partial charge in [-0.05, 0) is 24.5 Å². The zero-order valence-electron chi connectivity index (χ0n) is 13.5. The Morgan fingerprint density at radius 3 is 2.64 bits per heavy atom. The van der Waals surface area contributed by atoms with Crippen LogP contribution in [0.2, 0.25) is 0 Å². The van der Waals surface area contributed by atoms with Crippen molar-refractivity contribution in [2.45, 2.75) is 43.9 Å². The number of nitrogens with zero attached hydrogens (tertiary/aromatic N) is 1. The Balaban J connectivity index is 1.61. The fraction of sp³-hybridized carbons (Fsp3) is 0.412. The average molecular weight is 342 g/mol. The highest BCUT2D eigenvalue weighted by Gasteiger charge is 2.45. The van der Waals surface area contributed by atoms with E-state index >= 15 is 0 Å². The number of hydrogen-bond acceptors (Lipinski definition) is 6. The summed E-state index contributed by atoms with van der Waals surface area (Å²) in [6.07, 6.45) is 1.16. The smallest absolute Gasteiger partial charge is 0.262 e. The first kappa shape index (κ1) is 15.9. The summed E-state index contributed by atoms with van der Waals surface area (Å²) < 4.78 is 0. The molecule has 25 heavy (non-hydrogen) atoms. The third kappa shape index (κ3) is 2.63. The minimum atomic E-state index is -0.942. The van der Waals surface area contributed by atoms with Crippen molar-refractivity contribution in [3.05, 3.63) is 34.9 Å². The maximum Gasteiger partial charge on any atom is 0.262 e. The van der Waals surface area contributed by atoms with Crippen molar-refractivity contribution in [3.8, 4) is 0 Å². The van der Waals surface area contributed by atoms with Crippen molar-refractivity contribution in [2.75, 3.05) is 0 Å². The van der Waals surface area contributed by atoms with Crippen LogP contribution in [0.3, 0.4) is 0 Å². The molecule has 130 valence electrons. The van der Waals surface area contributed by atoms with Crippen molar-refractivity contribution >= 4 is 23.6 Å². The van der Waals surface area contributed by atoms with E-state index in [4.69, 9.17) is 5.73 Å². The van der Waals surface area contributed by atoms with Crippen LogP contribution in [0.5, 0.6) is 0 Å². The first-order valence-electron chi connectivity index (χ1n) is 8.30. The van der Waals surface area contributed by atoms with Gasteiger partial charge in [0, 0.05) is 25.0 Å². The lowest BCUT2D eigenvalue weighted by atomic mass is 10.0. The number of fused-ring (bicyclic) bond motifs is 1. The number of carbonyl (C=O) groups is 4. The van der Waals surface area contributed by atoms with Crippen LogP contribution in [0.1, 0.15) is 45.5 Å². The normalized spacial score (nSPS) is 28.2. The van der Waals surface area contributed by atoms with Gasteiger partial charge in [-0.3, -0.25) is 29.4 Å². The third-order valence-corrected chi connectivity index (χ3v) is 4.95. The quantitative estimate of drug-likeness (QED) is 0.621. The molecule has 0 aromatic heterocycles. The highest BCUT2D eigenvalue weighted by molar-refractivity contribution is 6.24. The van der Waals surface area contributed by atoms with Gasteiger partial charge in [-0.1, -0.05) is 12.1 Å². The van der Waals surface area contributed by atoms with Gasteiger partial charge in [-0.15, -0.1) is 0 Å². The number of carbonyl (C=O) groups excluding carboxylic acids is 4. The van der Waals surface area contributed by atoms with Crippen molar-refractivity contribution in [1.29, 1.82) is 0 Å².